The molecule has 2 aliphatic rings. The molecule has 2 aromatic heterocycles. The molecular weight excluding hydrogens is 567 g/mol. The highest BCUT2D eigenvalue weighted by atomic mass is 31.2. The molecule has 2 aromatic rings. The van der Waals surface area contributed by atoms with E-state index in [0.717, 1.165) is 9.13 Å². The second-order valence-corrected chi connectivity index (χ2v) is 11.7. The number of hydrogen-bond acceptors (Lipinski definition) is 11. The van der Waals surface area contributed by atoms with E-state index in [1.807, 2.05) is 0 Å². The van der Waals surface area contributed by atoms with Crippen LogP contribution in [-0.2, 0) is 23.1 Å². The average Bonchev–Trinajstić information content (AvgIpc) is 3.50. The van der Waals surface area contributed by atoms with Gasteiger partial charge in [0.15, 0.2) is 0 Å². The molecule has 41 heavy (non-hydrogen) atoms. The monoisotopic (exact) mass is 594 g/mol. The van der Waals surface area contributed by atoms with Crippen LogP contribution in [0.25, 0.3) is 20.9 Å². The minimum atomic E-state index is -3.78. The number of aromatic nitrogens is 4. The Hall–Kier alpha value is -3.95. The highest BCUT2D eigenvalue weighted by Crippen LogP contribution is 2.46. The third-order valence-electron chi connectivity index (χ3n) is 6.67. The smallest absolute Gasteiger partial charge is 0.330 e. The van der Waals surface area contributed by atoms with Gasteiger partial charge in [-0.2, -0.15) is 0 Å². The normalized spacial score (nSPS) is 27.1. The minimum absolute atomic E-state index is 0.0904. The maximum absolute atomic E-state index is 13.1. The van der Waals surface area contributed by atoms with Crippen molar-refractivity contribution in [1.82, 2.24) is 19.1 Å². The largest absolute Gasteiger partial charge is 0.352 e. The predicted molar refractivity (Wildman–Crippen MR) is 140 cm³/mol. The molecule has 2 saturated heterocycles. The third kappa shape index (κ3) is 6.86. The first kappa shape index (κ1) is 30.0. The van der Waals surface area contributed by atoms with Crippen LogP contribution >= 0.6 is 7.60 Å². The van der Waals surface area contributed by atoms with Crippen molar-refractivity contribution in [2.24, 2.45) is 10.2 Å². The Kier molecular flexibility index (Phi) is 8.99. The van der Waals surface area contributed by atoms with Crippen LogP contribution < -0.4 is 22.5 Å². The van der Waals surface area contributed by atoms with E-state index in [1.165, 1.54) is 32.9 Å². The number of aryl methyl sites for hydroxylation is 2. The summed E-state index contributed by atoms with van der Waals surface area (Å²) in [6.07, 6.45) is -0.725. The van der Waals surface area contributed by atoms with Gasteiger partial charge in [0.1, 0.15) is 12.5 Å². The van der Waals surface area contributed by atoms with Crippen LogP contribution in [-0.4, -0.2) is 63.3 Å². The molecule has 0 amide bonds. The van der Waals surface area contributed by atoms with Crippen LogP contribution in [0.3, 0.4) is 0 Å². The number of rotatable bonds is 10. The number of H-pyrrole nitrogens is 2. The van der Waals surface area contributed by atoms with Crippen LogP contribution in [0.5, 0.6) is 0 Å². The van der Waals surface area contributed by atoms with Gasteiger partial charge in [0.25, 0.3) is 11.1 Å². The molecule has 20 heteroatoms. The van der Waals surface area contributed by atoms with Crippen LogP contribution in [0.15, 0.2) is 41.8 Å². The summed E-state index contributed by atoms with van der Waals surface area (Å²) < 4.78 is 38.1. The van der Waals surface area contributed by atoms with Crippen molar-refractivity contribution in [1.29, 1.82) is 0 Å². The van der Waals surface area contributed by atoms with Gasteiger partial charge in [-0.05, 0) is 24.9 Å². The second-order valence-electron chi connectivity index (χ2n) is 9.59. The van der Waals surface area contributed by atoms with E-state index in [4.69, 9.17) is 29.6 Å². The van der Waals surface area contributed by atoms with Crippen molar-refractivity contribution in [3.63, 3.8) is 0 Å². The Bertz CT molecular complexity index is 1570. The molecule has 0 radical (unpaired) electrons. The Morgan fingerprint density at radius 1 is 0.878 bits per heavy atom. The van der Waals surface area contributed by atoms with Gasteiger partial charge in [0, 0.05) is 52.9 Å². The zero-order valence-corrected chi connectivity index (χ0v) is 23.0. The van der Waals surface area contributed by atoms with Gasteiger partial charge < -0.3 is 18.5 Å². The van der Waals surface area contributed by atoms with E-state index in [1.54, 1.807) is 0 Å². The zero-order valence-electron chi connectivity index (χ0n) is 22.1. The minimum Gasteiger partial charge on any atom is -0.352 e. The maximum Gasteiger partial charge on any atom is 0.330 e. The van der Waals surface area contributed by atoms with E-state index in [9.17, 15) is 23.7 Å². The molecule has 19 nitrogen and oxygen atoms in total. The highest BCUT2D eigenvalue weighted by Gasteiger charge is 2.40. The Morgan fingerprint density at radius 2 is 1.27 bits per heavy atom. The van der Waals surface area contributed by atoms with Gasteiger partial charge in [0.05, 0.1) is 37.5 Å². The van der Waals surface area contributed by atoms with E-state index < -0.39 is 66.8 Å². The van der Waals surface area contributed by atoms with Crippen LogP contribution in [0.2, 0.25) is 0 Å². The first-order chi connectivity index (χ1) is 19.4. The van der Waals surface area contributed by atoms with Gasteiger partial charge in [0.2, 0.25) is 0 Å². The topological polar surface area (TPSA) is 261 Å². The van der Waals surface area contributed by atoms with Crippen molar-refractivity contribution < 1.29 is 23.1 Å². The van der Waals surface area contributed by atoms with E-state index >= 15 is 0 Å². The summed E-state index contributed by atoms with van der Waals surface area (Å²) in [5.74, 6) is 0. The predicted octanol–water partition coefficient (Wildman–Crippen LogP) is 1.49. The highest BCUT2D eigenvalue weighted by molar-refractivity contribution is 7.52. The lowest BCUT2D eigenvalue weighted by atomic mass is 10.1. The summed E-state index contributed by atoms with van der Waals surface area (Å²) in [4.78, 5) is 57.9. The van der Waals surface area contributed by atoms with Gasteiger partial charge in [-0.3, -0.25) is 33.3 Å². The molecule has 2 N–H and O–H groups in total. The molecule has 1 unspecified atom stereocenters. The van der Waals surface area contributed by atoms with Crippen molar-refractivity contribution in [2.75, 3.05) is 19.9 Å². The lowest BCUT2D eigenvalue weighted by molar-refractivity contribution is -0.0340. The second kappa shape index (κ2) is 12.3. The first-order valence-corrected chi connectivity index (χ1v) is 14.3. The van der Waals surface area contributed by atoms with E-state index in [2.05, 4.69) is 30.0 Å². The molecule has 0 saturated carbocycles. The molecule has 0 aliphatic carbocycles. The molecule has 220 valence electrons. The zero-order chi connectivity index (χ0) is 29.9. The van der Waals surface area contributed by atoms with Crippen molar-refractivity contribution in [3.8, 4) is 0 Å². The van der Waals surface area contributed by atoms with Gasteiger partial charge in [-0.25, -0.2) is 9.59 Å². The number of hydrogen-bond donors (Lipinski definition) is 2. The summed E-state index contributed by atoms with van der Waals surface area (Å²) in [7, 11) is -3.78. The molecular formula is C21H27N10O9P. The number of nitrogens with zero attached hydrogens (tertiary/aromatic N) is 8. The fraction of sp³-hybridized carbons (Fsp3) is 0.619. The molecule has 7 atom stereocenters. The standard InChI is InChI=1S/C21H27N10O9P/c1-10-6-30(20(34)24-18(10)32)16-4-12(26-28-22)14(39-16)8-37-41(3,36)38-9-15-13(27-29-23)5-17(40-15)31-7-11(2)19(33)25-21(31)35/h6-7,12-17H,4-5,8-9H2,1-3H3,(H,24,32,34)(H,25,33,35)/t12-,13+,14+,15-,16+,17-,41?. The van der Waals surface area contributed by atoms with Gasteiger partial charge >= 0.3 is 19.0 Å². The summed E-state index contributed by atoms with van der Waals surface area (Å²) in [6, 6.07) is -1.56. The van der Waals surface area contributed by atoms with Crippen LogP contribution in [0, 0.1) is 13.8 Å². The lowest BCUT2D eigenvalue weighted by Gasteiger charge is -2.22. The quantitative estimate of drug-likeness (QED) is 0.174. The molecule has 2 fully saturated rings. The van der Waals surface area contributed by atoms with Gasteiger partial charge in [-0.15, -0.1) is 0 Å². The molecule has 2 aliphatic heterocycles. The van der Waals surface area contributed by atoms with Crippen LogP contribution in [0.1, 0.15) is 36.4 Å². The fourth-order valence-corrected chi connectivity index (χ4v) is 5.41. The first-order valence-electron chi connectivity index (χ1n) is 12.3. The van der Waals surface area contributed by atoms with Crippen molar-refractivity contribution in [3.05, 3.63) is 86.1 Å². The summed E-state index contributed by atoms with van der Waals surface area (Å²) in [5, 5.41) is 7.38. The Balaban J connectivity index is 1.40. The van der Waals surface area contributed by atoms with Crippen molar-refractivity contribution >= 4 is 7.60 Å². The van der Waals surface area contributed by atoms with E-state index in [-0.39, 0.29) is 37.2 Å². The SMILES string of the molecule is Cc1cn([C@@H]2C[C@@H](N=[N+]=[N-])[C@H](COP(C)(=O)OC[C@H]3O[C@@H](n4cc(C)c(=O)[nH]c4=O)C[C@@H]3N=[N+]=[N-])O2)c(=O)[nH]c1=O. The molecule has 4 heterocycles. The maximum atomic E-state index is 13.1. The Morgan fingerprint density at radius 3 is 1.63 bits per heavy atom. The average molecular weight is 594 g/mol. The molecule has 4 rings (SSSR count). The number of azide groups is 2. The van der Waals surface area contributed by atoms with Crippen LogP contribution in [0.4, 0.5) is 0 Å². The summed E-state index contributed by atoms with van der Waals surface area (Å²) >= 11 is 0. The van der Waals surface area contributed by atoms with Crippen molar-refractivity contribution in [2.45, 2.75) is 63.4 Å². The summed E-state index contributed by atoms with van der Waals surface area (Å²) in [6.45, 7) is 3.57. The molecule has 0 spiro atoms. The summed E-state index contributed by atoms with van der Waals surface area (Å²) in [5.41, 5.74) is 16.0. The molecule has 0 bridgehead atoms. The third-order valence-corrected chi connectivity index (χ3v) is 7.90. The number of aromatic amines is 2. The van der Waals surface area contributed by atoms with Gasteiger partial charge in [-0.1, -0.05) is 10.2 Å². The van der Waals surface area contributed by atoms with E-state index in [0.29, 0.717) is 0 Å². The molecule has 0 aromatic carbocycles. The number of ether oxygens (including phenoxy) is 2. The number of nitrogens with one attached hydrogen (secondary N) is 2. The Labute approximate surface area is 229 Å². The lowest BCUT2D eigenvalue weighted by Crippen LogP contribution is -2.33. The fourth-order valence-electron chi connectivity index (χ4n) is 4.50.